The second-order valence-electron chi connectivity index (χ2n) is 7.99. The van der Waals surface area contributed by atoms with Crippen LogP contribution in [0.2, 0.25) is 0 Å². The zero-order valence-electron chi connectivity index (χ0n) is 19.1. The number of hydrogen-bond donors (Lipinski definition) is 0. The molecule has 0 saturated heterocycles. The minimum absolute atomic E-state index is 0.150. The third-order valence-corrected chi connectivity index (χ3v) is 5.83. The van der Waals surface area contributed by atoms with E-state index in [4.69, 9.17) is 9.84 Å². The number of aromatic nitrogens is 4. The number of nitriles is 2. The van der Waals surface area contributed by atoms with Crippen molar-refractivity contribution >= 4 is 22.5 Å². The van der Waals surface area contributed by atoms with Crippen LogP contribution in [-0.4, -0.2) is 43.6 Å². The number of pyridine rings is 2. The van der Waals surface area contributed by atoms with Gasteiger partial charge in [0.2, 0.25) is 5.91 Å². The lowest BCUT2D eigenvalue weighted by Gasteiger charge is -2.26. The molecular weight excluding hydrogens is 454 g/mol. The van der Waals surface area contributed by atoms with E-state index >= 15 is 0 Å². The van der Waals surface area contributed by atoms with Crippen molar-refractivity contribution in [2.24, 2.45) is 0 Å². The van der Waals surface area contributed by atoms with Crippen LogP contribution in [0.15, 0.2) is 73.7 Å². The Labute approximate surface area is 206 Å². The molecule has 9 nitrogen and oxygen atoms in total. The van der Waals surface area contributed by atoms with Gasteiger partial charge < -0.3 is 9.64 Å². The van der Waals surface area contributed by atoms with Crippen molar-refractivity contribution < 1.29 is 9.53 Å². The molecular formula is C27H19N7O2. The summed E-state index contributed by atoms with van der Waals surface area (Å²) < 4.78 is 7.57. The van der Waals surface area contributed by atoms with Crippen molar-refractivity contribution in [2.75, 3.05) is 13.1 Å². The second-order valence-corrected chi connectivity index (χ2v) is 7.99. The van der Waals surface area contributed by atoms with Crippen LogP contribution in [0.5, 0.6) is 11.5 Å². The molecule has 0 N–H and O–H groups in total. The molecule has 0 aliphatic carbocycles. The minimum Gasteiger partial charge on any atom is -0.454 e. The quantitative estimate of drug-likeness (QED) is 0.397. The molecule has 174 valence electrons. The summed E-state index contributed by atoms with van der Waals surface area (Å²) in [5, 5.41) is 24.6. The molecule has 4 aromatic rings. The van der Waals surface area contributed by atoms with Crippen LogP contribution in [0.3, 0.4) is 0 Å². The zero-order valence-corrected chi connectivity index (χ0v) is 19.1. The van der Waals surface area contributed by atoms with Crippen LogP contribution in [0.25, 0.3) is 27.9 Å². The van der Waals surface area contributed by atoms with Gasteiger partial charge in [0.15, 0.2) is 11.4 Å². The third-order valence-electron chi connectivity index (χ3n) is 5.83. The molecule has 1 aromatic carbocycles. The standard InChI is InChI=1S/C27H19N7O2/c1-2-25(35)33-12-4-5-20(17-33)34-27-19(13-28)15-30-16-22(27)26(32-34)18-7-9-21(10-8-18)36-24-6-3-11-31-23(24)14-29/h2-3,5-11,15-16H,1,4,12,17H2. The van der Waals surface area contributed by atoms with Gasteiger partial charge in [-0.15, -0.1) is 0 Å². The maximum Gasteiger partial charge on any atom is 0.246 e. The van der Waals surface area contributed by atoms with Crippen molar-refractivity contribution in [1.29, 1.82) is 10.5 Å². The van der Waals surface area contributed by atoms with Gasteiger partial charge in [-0.3, -0.25) is 9.78 Å². The van der Waals surface area contributed by atoms with Crippen LogP contribution in [0.4, 0.5) is 0 Å². The maximum atomic E-state index is 12.2. The monoisotopic (exact) mass is 473 g/mol. The summed E-state index contributed by atoms with van der Waals surface area (Å²) in [7, 11) is 0. The number of carbonyl (C=O) groups excluding carboxylic acids is 1. The van der Waals surface area contributed by atoms with Gasteiger partial charge >= 0.3 is 0 Å². The predicted octanol–water partition coefficient (Wildman–Crippen LogP) is 4.29. The van der Waals surface area contributed by atoms with Crippen molar-refractivity contribution in [1.82, 2.24) is 24.6 Å². The first-order chi connectivity index (χ1) is 17.6. The Morgan fingerprint density at radius 1 is 1.14 bits per heavy atom. The van der Waals surface area contributed by atoms with Gasteiger partial charge in [0.1, 0.15) is 23.6 Å². The summed E-state index contributed by atoms with van der Waals surface area (Å²) in [5.41, 5.74) is 3.47. The highest BCUT2D eigenvalue weighted by atomic mass is 16.5. The van der Waals surface area contributed by atoms with Gasteiger partial charge in [-0.05, 0) is 48.9 Å². The Balaban J connectivity index is 1.54. The maximum absolute atomic E-state index is 12.2. The Kier molecular flexibility index (Phi) is 5.96. The fraction of sp³-hybridized carbons (Fsp3) is 0.111. The first-order valence-corrected chi connectivity index (χ1v) is 11.1. The molecule has 0 unspecified atom stereocenters. The first-order valence-electron chi connectivity index (χ1n) is 11.1. The lowest BCUT2D eigenvalue weighted by molar-refractivity contribution is -0.125. The number of rotatable bonds is 5. The summed E-state index contributed by atoms with van der Waals surface area (Å²) in [6, 6.07) is 14.9. The summed E-state index contributed by atoms with van der Waals surface area (Å²) in [6.07, 6.45) is 8.73. The van der Waals surface area contributed by atoms with E-state index < -0.39 is 0 Å². The highest BCUT2D eigenvalue weighted by Gasteiger charge is 2.23. The Bertz CT molecular complexity index is 1600. The van der Waals surface area contributed by atoms with E-state index in [-0.39, 0.29) is 11.6 Å². The van der Waals surface area contributed by atoms with E-state index in [9.17, 15) is 15.3 Å². The first kappa shape index (κ1) is 22.5. The molecule has 36 heavy (non-hydrogen) atoms. The number of ether oxygens (including phenoxy) is 1. The molecule has 3 aromatic heterocycles. The molecule has 0 atom stereocenters. The molecule has 0 spiro atoms. The van der Waals surface area contributed by atoms with Gasteiger partial charge in [0.25, 0.3) is 0 Å². The predicted molar refractivity (Wildman–Crippen MR) is 132 cm³/mol. The minimum atomic E-state index is -0.150. The molecule has 4 heterocycles. The number of hydrogen-bond acceptors (Lipinski definition) is 7. The second kappa shape index (κ2) is 9.53. The van der Waals surface area contributed by atoms with E-state index in [1.165, 1.54) is 18.5 Å². The summed E-state index contributed by atoms with van der Waals surface area (Å²) >= 11 is 0. The zero-order chi connectivity index (χ0) is 25.1. The fourth-order valence-electron chi connectivity index (χ4n) is 4.12. The average molecular weight is 473 g/mol. The molecule has 5 rings (SSSR count). The van der Waals surface area contributed by atoms with E-state index in [1.807, 2.05) is 24.3 Å². The lowest BCUT2D eigenvalue weighted by atomic mass is 10.1. The highest BCUT2D eigenvalue weighted by Crippen LogP contribution is 2.33. The number of amides is 1. The van der Waals surface area contributed by atoms with E-state index in [0.29, 0.717) is 47.8 Å². The van der Waals surface area contributed by atoms with Crippen LogP contribution in [0.1, 0.15) is 17.7 Å². The molecule has 0 saturated carbocycles. The molecule has 1 aliphatic heterocycles. The Hall–Kier alpha value is -5.28. The number of carbonyl (C=O) groups is 1. The molecule has 0 fully saturated rings. The third kappa shape index (κ3) is 4.06. The number of fused-ring (bicyclic) bond motifs is 1. The van der Waals surface area contributed by atoms with Crippen molar-refractivity contribution in [3.8, 4) is 34.9 Å². The van der Waals surface area contributed by atoms with Gasteiger partial charge in [-0.25, -0.2) is 9.67 Å². The number of nitrogens with zero attached hydrogens (tertiary/aromatic N) is 7. The normalized spacial score (nSPS) is 12.9. The topological polar surface area (TPSA) is 121 Å². The fourth-order valence-corrected chi connectivity index (χ4v) is 4.12. The molecule has 0 bridgehead atoms. The Morgan fingerprint density at radius 3 is 2.72 bits per heavy atom. The smallest absolute Gasteiger partial charge is 0.246 e. The van der Waals surface area contributed by atoms with Gasteiger partial charge in [-0.1, -0.05) is 12.7 Å². The van der Waals surface area contributed by atoms with E-state index in [1.54, 1.807) is 40.0 Å². The van der Waals surface area contributed by atoms with Crippen LogP contribution >= 0.6 is 0 Å². The summed E-state index contributed by atoms with van der Waals surface area (Å²) in [6.45, 7) is 4.53. The SMILES string of the molecule is C=CC(=O)N1CCC=C(n2nc(-c3ccc(Oc4cccnc4C#N)cc3)c3cncc(C#N)c32)C1. The van der Waals surface area contributed by atoms with Crippen LogP contribution in [-0.2, 0) is 4.79 Å². The van der Waals surface area contributed by atoms with Gasteiger partial charge in [0.05, 0.1) is 23.3 Å². The molecule has 1 aliphatic rings. The van der Waals surface area contributed by atoms with Crippen molar-refractivity contribution in [3.63, 3.8) is 0 Å². The van der Waals surface area contributed by atoms with Crippen LogP contribution < -0.4 is 4.74 Å². The molecule has 1 amide bonds. The summed E-state index contributed by atoms with van der Waals surface area (Å²) in [4.78, 5) is 22.2. The lowest BCUT2D eigenvalue weighted by Crippen LogP contribution is -2.35. The van der Waals surface area contributed by atoms with Gasteiger partial charge in [0, 0.05) is 36.1 Å². The van der Waals surface area contributed by atoms with Crippen molar-refractivity contribution in [2.45, 2.75) is 6.42 Å². The number of benzene rings is 1. The van der Waals surface area contributed by atoms with Crippen LogP contribution in [0, 0.1) is 22.7 Å². The highest BCUT2D eigenvalue weighted by molar-refractivity contribution is 5.97. The molecule has 0 radical (unpaired) electrons. The summed E-state index contributed by atoms with van der Waals surface area (Å²) in [5.74, 6) is 0.757. The largest absolute Gasteiger partial charge is 0.454 e. The van der Waals surface area contributed by atoms with Gasteiger partial charge in [-0.2, -0.15) is 15.6 Å². The van der Waals surface area contributed by atoms with E-state index in [0.717, 1.165) is 16.6 Å². The van der Waals surface area contributed by atoms with Crippen molar-refractivity contribution in [3.05, 3.63) is 85.0 Å². The average Bonchev–Trinajstić information content (AvgIpc) is 3.33. The Morgan fingerprint density at radius 2 is 1.97 bits per heavy atom. The van der Waals surface area contributed by atoms with E-state index in [2.05, 4.69) is 22.6 Å². The molecule has 9 heteroatoms.